The van der Waals surface area contributed by atoms with Crippen molar-refractivity contribution in [1.82, 2.24) is 9.97 Å². The molecule has 0 aliphatic rings. The van der Waals surface area contributed by atoms with Crippen LogP contribution < -0.4 is 10.6 Å². The average molecular weight is 364 g/mol. The fraction of sp³-hybridized carbons (Fsp3) is 0.333. The predicted octanol–water partition coefficient (Wildman–Crippen LogP) is 5.00. The molecule has 1 aromatic carbocycles. The SMILES string of the molecule is CCNc1nc(Nc2cccc(C(F)(F)F)c2C)cc(C(F)(F)F)n1. The Labute approximate surface area is 139 Å². The van der Waals surface area contributed by atoms with Gasteiger partial charge in [0.25, 0.3) is 0 Å². The van der Waals surface area contributed by atoms with E-state index in [-0.39, 0.29) is 29.6 Å². The summed E-state index contributed by atoms with van der Waals surface area (Å²) in [6, 6.07) is 4.02. The van der Waals surface area contributed by atoms with E-state index in [1.54, 1.807) is 6.92 Å². The molecule has 136 valence electrons. The van der Waals surface area contributed by atoms with Crippen molar-refractivity contribution in [3.8, 4) is 0 Å². The minimum absolute atomic E-state index is 0.00379. The van der Waals surface area contributed by atoms with Gasteiger partial charge in [0, 0.05) is 18.3 Å². The van der Waals surface area contributed by atoms with E-state index >= 15 is 0 Å². The second-order valence-corrected chi connectivity index (χ2v) is 5.09. The molecule has 0 fully saturated rings. The number of aromatic nitrogens is 2. The summed E-state index contributed by atoms with van der Waals surface area (Å²) < 4.78 is 77.6. The molecular weight excluding hydrogens is 350 g/mol. The number of hydrogen-bond donors (Lipinski definition) is 2. The number of nitrogens with one attached hydrogen (secondary N) is 2. The molecule has 2 N–H and O–H groups in total. The van der Waals surface area contributed by atoms with Gasteiger partial charge in [-0.3, -0.25) is 0 Å². The zero-order valence-corrected chi connectivity index (χ0v) is 13.2. The van der Waals surface area contributed by atoms with E-state index in [1.165, 1.54) is 13.0 Å². The van der Waals surface area contributed by atoms with Crippen LogP contribution in [0, 0.1) is 6.92 Å². The van der Waals surface area contributed by atoms with Crippen LogP contribution in [-0.2, 0) is 12.4 Å². The van der Waals surface area contributed by atoms with E-state index in [0.717, 1.165) is 12.1 Å². The number of benzene rings is 1. The highest BCUT2D eigenvalue weighted by Gasteiger charge is 2.34. The van der Waals surface area contributed by atoms with Crippen molar-refractivity contribution in [2.24, 2.45) is 0 Å². The van der Waals surface area contributed by atoms with Gasteiger partial charge < -0.3 is 10.6 Å². The topological polar surface area (TPSA) is 49.8 Å². The fourth-order valence-electron chi connectivity index (χ4n) is 2.11. The largest absolute Gasteiger partial charge is 0.433 e. The molecule has 0 amide bonds. The van der Waals surface area contributed by atoms with Crippen LogP contribution in [0.15, 0.2) is 24.3 Å². The van der Waals surface area contributed by atoms with E-state index in [0.29, 0.717) is 6.07 Å². The Morgan fingerprint density at radius 1 is 1.00 bits per heavy atom. The molecule has 0 unspecified atom stereocenters. The van der Waals surface area contributed by atoms with Gasteiger partial charge in [0.05, 0.1) is 5.56 Å². The molecule has 2 aromatic rings. The van der Waals surface area contributed by atoms with Crippen molar-refractivity contribution >= 4 is 17.5 Å². The molecule has 2 rings (SSSR count). The van der Waals surface area contributed by atoms with Crippen LogP contribution in [0.3, 0.4) is 0 Å². The highest BCUT2D eigenvalue weighted by molar-refractivity contribution is 5.63. The van der Waals surface area contributed by atoms with Gasteiger partial charge in [0.15, 0.2) is 5.69 Å². The lowest BCUT2D eigenvalue weighted by molar-refractivity contribution is -0.141. The molecule has 0 aliphatic carbocycles. The maximum Gasteiger partial charge on any atom is 0.433 e. The Hall–Kier alpha value is -2.52. The summed E-state index contributed by atoms with van der Waals surface area (Å²) in [5.74, 6) is -0.537. The van der Waals surface area contributed by atoms with E-state index in [1.807, 2.05) is 0 Å². The first-order valence-electron chi connectivity index (χ1n) is 7.16. The van der Waals surface area contributed by atoms with Gasteiger partial charge in [-0.2, -0.15) is 31.3 Å². The highest BCUT2D eigenvalue weighted by atomic mass is 19.4. The molecule has 0 aliphatic heterocycles. The normalized spacial score (nSPS) is 12.2. The first kappa shape index (κ1) is 18.8. The van der Waals surface area contributed by atoms with Crippen molar-refractivity contribution in [2.75, 3.05) is 17.2 Å². The van der Waals surface area contributed by atoms with Crippen molar-refractivity contribution in [1.29, 1.82) is 0 Å². The van der Waals surface area contributed by atoms with Crippen molar-refractivity contribution in [3.05, 3.63) is 41.1 Å². The first-order valence-corrected chi connectivity index (χ1v) is 7.16. The lowest BCUT2D eigenvalue weighted by Gasteiger charge is -2.16. The van der Waals surface area contributed by atoms with E-state index < -0.39 is 23.6 Å². The Kier molecular flexibility index (Phi) is 5.09. The second-order valence-electron chi connectivity index (χ2n) is 5.09. The summed E-state index contributed by atoms with van der Waals surface area (Å²) in [6.45, 7) is 3.15. The smallest absolute Gasteiger partial charge is 0.354 e. The van der Waals surface area contributed by atoms with Gasteiger partial charge in [-0.15, -0.1) is 0 Å². The Morgan fingerprint density at radius 3 is 2.24 bits per heavy atom. The number of anilines is 3. The van der Waals surface area contributed by atoms with Gasteiger partial charge in [0.2, 0.25) is 5.95 Å². The van der Waals surface area contributed by atoms with Crippen LogP contribution in [0.25, 0.3) is 0 Å². The number of rotatable bonds is 4. The average Bonchev–Trinajstić information content (AvgIpc) is 2.47. The van der Waals surface area contributed by atoms with Crippen LogP contribution in [0.5, 0.6) is 0 Å². The van der Waals surface area contributed by atoms with Crippen molar-refractivity contribution in [3.63, 3.8) is 0 Å². The maximum absolute atomic E-state index is 12.9. The van der Waals surface area contributed by atoms with Gasteiger partial charge in [-0.05, 0) is 31.5 Å². The minimum Gasteiger partial charge on any atom is -0.354 e. The third-order valence-corrected chi connectivity index (χ3v) is 3.25. The lowest BCUT2D eigenvalue weighted by Crippen LogP contribution is -2.14. The molecule has 10 heteroatoms. The molecule has 1 aromatic heterocycles. The summed E-state index contributed by atoms with van der Waals surface area (Å²) in [5.41, 5.74) is -2.23. The van der Waals surface area contributed by atoms with E-state index in [9.17, 15) is 26.3 Å². The fourth-order valence-corrected chi connectivity index (χ4v) is 2.11. The van der Waals surface area contributed by atoms with E-state index in [2.05, 4.69) is 20.6 Å². The predicted molar refractivity (Wildman–Crippen MR) is 80.7 cm³/mol. The van der Waals surface area contributed by atoms with Crippen LogP contribution in [0.4, 0.5) is 43.8 Å². The number of hydrogen-bond acceptors (Lipinski definition) is 4. The Morgan fingerprint density at radius 2 is 1.68 bits per heavy atom. The molecule has 0 atom stereocenters. The van der Waals surface area contributed by atoms with Gasteiger partial charge in [0.1, 0.15) is 5.82 Å². The van der Waals surface area contributed by atoms with Crippen LogP contribution in [0.2, 0.25) is 0 Å². The molecule has 0 radical (unpaired) electrons. The molecule has 0 saturated heterocycles. The van der Waals surface area contributed by atoms with Gasteiger partial charge in [-0.1, -0.05) is 6.07 Å². The summed E-state index contributed by atoms with van der Waals surface area (Å²) in [4.78, 5) is 7.20. The van der Waals surface area contributed by atoms with E-state index in [4.69, 9.17) is 0 Å². The third kappa shape index (κ3) is 4.52. The standard InChI is InChI=1S/C15H14F6N4/c1-3-22-13-24-11(15(19,20)21)7-12(25-13)23-10-6-4-5-9(8(10)2)14(16,17)18/h4-7H,3H2,1-2H3,(H2,22,23,24,25). The quantitative estimate of drug-likeness (QED) is 0.750. The molecule has 4 nitrogen and oxygen atoms in total. The molecule has 1 heterocycles. The van der Waals surface area contributed by atoms with Crippen molar-refractivity contribution < 1.29 is 26.3 Å². The minimum atomic E-state index is -4.72. The zero-order valence-electron chi connectivity index (χ0n) is 13.2. The number of halogens is 6. The summed E-state index contributed by atoms with van der Waals surface area (Å²) >= 11 is 0. The number of alkyl halides is 6. The number of nitrogens with zero attached hydrogens (tertiary/aromatic N) is 2. The molecule has 25 heavy (non-hydrogen) atoms. The monoisotopic (exact) mass is 364 g/mol. The zero-order chi connectivity index (χ0) is 18.8. The van der Waals surface area contributed by atoms with Gasteiger partial charge >= 0.3 is 12.4 Å². The Balaban J connectivity index is 2.45. The maximum atomic E-state index is 12.9. The highest BCUT2D eigenvalue weighted by Crippen LogP contribution is 2.36. The lowest BCUT2D eigenvalue weighted by atomic mass is 10.1. The van der Waals surface area contributed by atoms with Gasteiger partial charge in [-0.25, -0.2) is 4.98 Å². The molecule has 0 bridgehead atoms. The van der Waals surface area contributed by atoms with Crippen LogP contribution >= 0.6 is 0 Å². The summed E-state index contributed by atoms with van der Waals surface area (Å²) in [7, 11) is 0. The third-order valence-electron chi connectivity index (χ3n) is 3.25. The molecule has 0 spiro atoms. The molecule has 0 saturated carbocycles. The van der Waals surface area contributed by atoms with Crippen molar-refractivity contribution in [2.45, 2.75) is 26.2 Å². The van der Waals surface area contributed by atoms with Crippen LogP contribution in [0.1, 0.15) is 23.7 Å². The van der Waals surface area contributed by atoms with Crippen LogP contribution in [-0.4, -0.2) is 16.5 Å². The Bertz CT molecular complexity index is 755. The first-order chi connectivity index (χ1) is 11.5. The molecular formula is C15H14F6N4. The summed E-state index contributed by atoms with van der Waals surface area (Å²) in [6.07, 6.45) is -9.29. The summed E-state index contributed by atoms with van der Waals surface area (Å²) in [5, 5.41) is 5.06. The second kappa shape index (κ2) is 6.77.